The van der Waals surface area contributed by atoms with Crippen molar-refractivity contribution in [3.8, 4) is 5.75 Å². The number of carbonyl (C=O) groups excluding carboxylic acids is 1. The van der Waals surface area contributed by atoms with Crippen molar-refractivity contribution in [3.05, 3.63) is 206 Å². The van der Waals surface area contributed by atoms with Crippen LogP contribution in [0.3, 0.4) is 0 Å². The van der Waals surface area contributed by atoms with Crippen molar-refractivity contribution in [1.29, 1.82) is 0 Å². The van der Waals surface area contributed by atoms with E-state index in [4.69, 9.17) is 21.4 Å². The summed E-state index contributed by atoms with van der Waals surface area (Å²) in [5, 5.41) is 55.7. The smallest absolute Gasteiger partial charge is 0.416 e. The molecule has 97 heavy (non-hydrogen) atoms. The molecule has 532 valence electrons. The van der Waals surface area contributed by atoms with E-state index in [9.17, 15) is 71.6 Å². The fourth-order valence-electron chi connectivity index (χ4n) is 8.01. The number of carbonyl (C=O) groups is 2. The first kappa shape index (κ1) is 86.7. The maximum atomic E-state index is 12.4. The van der Waals surface area contributed by atoms with E-state index in [0.29, 0.717) is 28.4 Å². The number of nitro groups is 4. The molecule has 0 spiro atoms. The summed E-state index contributed by atoms with van der Waals surface area (Å²) in [4.78, 5) is 69.9. The molecule has 7 aromatic rings. The summed E-state index contributed by atoms with van der Waals surface area (Å²) in [6.45, 7) is 43.1. The van der Waals surface area contributed by atoms with Crippen LogP contribution in [0.15, 0.2) is 126 Å². The Labute approximate surface area is 577 Å². The molecule has 0 aliphatic rings. The maximum Gasteiger partial charge on any atom is 0.416 e. The van der Waals surface area contributed by atoms with Gasteiger partial charge < -0.3 is 9.84 Å². The first-order valence-corrected chi connectivity index (χ1v) is 33.2. The number of halogens is 4. The molecule has 0 atom stereocenters. The summed E-state index contributed by atoms with van der Waals surface area (Å²) < 4.78 is 67.1. The number of esters is 1. The van der Waals surface area contributed by atoms with E-state index in [1.54, 1.807) is 69.6 Å². The summed E-state index contributed by atoms with van der Waals surface area (Å²) in [7, 11) is -3.71. The van der Waals surface area contributed by atoms with Gasteiger partial charge in [0, 0.05) is 56.9 Å². The maximum absolute atomic E-state index is 12.4. The quantitative estimate of drug-likeness (QED) is 0.0640. The zero-order valence-corrected chi connectivity index (χ0v) is 62.1. The predicted molar refractivity (Wildman–Crippen MR) is 379 cm³/mol. The molecule has 5 aromatic carbocycles. The van der Waals surface area contributed by atoms with Crippen LogP contribution >= 0.6 is 22.9 Å². The Hall–Kier alpha value is -8.29. The third kappa shape index (κ3) is 30.3. The standard InChI is InChI=1S/C13H15ClS.C12H16O2.C11H12F3NO2.C11H15NO4S.C10H12N2O4.C8H12N2.C6H12O2/c1-13(2,3)7-9-8-15-12-5-4-10(14)6-11(9)12;1-9-5-7-10(8-6-9)14-11(13)12(2,3)4;1-10(2,3)8-5-4-7(11(12,13)14)6-9(8)15(16)17;1-8-5-6-10(9(7-8)12(13)14)17(15,16)11(2,3)4;1-10(2,3)8-5-4-7(11(13)14)6-9(8)12(15)16;1-8(2,3)7-9-5-4-6-10-7;1-6(2,3)4-5(7)8/h4-6,8H,7H2,1-3H3;5-8H,1-4H3;4-6H,1-3H3;5-7H,1-4H3;4-6H,1-3H3;4-6H,1-3H3;4H2,1-3H3,(H,7,8). The van der Waals surface area contributed by atoms with Crippen molar-refractivity contribution in [2.75, 3.05) is 0 Å². The molecule has 0 unspecified atom stereocenters. The van der Waals surface area contributed by atoms with E-state index in [-0.39, 0.29) is 50.7 Å². The molecule has 2 heterocycles. The van der Waals surface area contributed by atoms with E-state index < -0.39 is 73.9 Å². The number of sulfone groups is 1. The largest absolute Gasteiger partial charge is 0.481 e. The van der Waals surface area contributed by atoms with Gasteiger partial charge >= 0.3 is 18.1 Å². The molecule has 7 rings (SSSR count). The molecule has 0 radical (unpaired) electrons. The van der Waals surface area contributed by atoms with Gasteiger partial charge in [-0.3, -0.25) is 50.0 Å². The summed E-state index contributed by atoms with van der Waals surface area (Å²) in [5.74, 6) is 0.573. The number of hydrogen-bond donors (Lipinski definition) is 1. The van der Waals surface area contributed by atoms with Crippen molar-refractivity contribution in [2.24, 2.45) is 16.2 Å². The lowest BCUT2D eigenvalue weighted by atomic mass is 9.85. The number of carboxylic acids is 1. The SMILES string of the molecule is CC(C)(C)CC(=O)O.CC(C)(C)Cc1csc2ccc(Cl)cc12.CC(C)(C)c1ccc(C(F)(F)F)cc1[N+](=O)[O-].CC(C)(C)c1ccc([N+](=O)[O-])cc1[N+](=O)[O-].CC(C)(C)c1ncccn1.Cc1ccc(OC(=O)C(C)(C)C)cc1.Cc1ccc(S(=O)(=O)C(C)(C)C)c([N+](=O)[O-])c1. The van der Waals surface area contributed by atoms with Crippen LogP contribution < -0.4 is 4.74 Å². The van der Waals surface area contributed by atoms with Crippen molar-refractivity contribution in [2.45, 2.75) is 204 Å². The van der Waals surface area contributed by atoms with Crippen molar-refractivity contribution < 1.29 is 60.7 Å². The van der Waals surface area contributed by atoms with Gasteiger partial charge in [-0.15, -0.1) is 11.3 Å². The molecular formula is C71H94ClF3N6O14S2. The third-order valence-electron chi connectivity index (χ3n) is 13.0. The van der Waals surface area contributed by atoms with Crippen LogP contribution in [0.4, 0.5) is 35.9 Å². The number of non-ortho nitro benzene ring substituents is 1. The highest BCUT2D eigenvalue weighted by Gasteiger charge is 2.37. The second kappa shape index (κ2) is 34.8. The van der Waals surface area contributed by atoms with Gasteiger partial charge in [-0.25, -0.2) is 18.4 Å². The molecule has 20 nitrogen and oxygen atoms in total. The molecule has 2 aromatic heterocycles. The van der Waals surface area contributed by atoms with Crippen LogP contribution in [0.2, 0.25) is 5.02 Å². The fourth-order valence-corrected chi connectivity index (χ4v) is 10.4. The Kier molecular flexibility index (Phi) is 31.1. The number of fused-ring (bicyclic) bond motifs is 1. The molecule has 26 heteroatoms. The van der Waals surface area contributed by atoms with Gasteiger partial charge in [0.05, 0.1) is 47.9 Å². The normalized spacial score (nSPS) is 11.9. The van der Waals surface area contributed by atoms with E-state index in [0.717, 1.165) is 35.0 Å². The van der Waals surface area contributed by atoms with Gasteiger partial charge in [0.15, 0.2) is 9.84 Å². The second-order valence-electron chi connectivity index (χ2n) is 30.1. The number of aromatic nitrogens is 2. The topological polar surface area (TPSA) is 296 Å². The second-order valence-corrected chi connectivity index (χ2v) is 34.1. The molecule has 0 bridgehead atoms. The Morgan fingerprint density at radius 3 is 1.43 bits per heavy atom. The molecule has 0 amide bonds. The van der Waals surface area contributed by atoms with Crippen LogP contribution in [0.5, 0.6) is 5.75 Å². The minimum absolute atomic E-state index is 0.0707. The summed E-state index contributed by atoms with van der Waals surface area (Å²) >= 11 is 7.83. The average Bonchev–Trinajstić information content (AvgIpc) is 1.44. The lowest BCUT2D eigenvalue weighted by Crippen LogP contribution is -2.28. The Bertz CT molecular complexity index is 3950. The Morgan fingerprint density at radius 1 is 0.577 bits per heavy atom. The molecule has 0 aliphatic carbocycles. The van der Waals surface area contributed by atoms with Gasteiger partial charge in [-0.2, -0.15) is 13.2 Å². The number of hydrogen-bond acceptors (Lipinski definition) is 16. The van der Waals surface area contributed by atoms with E-state index in [1.165, 1.54) is 66.8 Å². The average molecular weight is 1410 g/mol. The van der Waals surface area contributed by atoms with Crippen LogP contribution in [-0.2, 0) is 48.3 Å². The molecule has 1 N–H and O–H groups in total. The Morgan fingerprint density at radius 2 is 1.05 bits per heavy atom. The lowest BCUT2D eigenvalue weighted by molar-refractivity contribution is -0.394. The molecule has 0 saturated carbocycles. The highest BCUT2D eigenvalue weighted by Crippen LogP contribution is 2.39. The molecule has 0 saturated heterocycles. The monoisotopic (exact) mass is 1410 g/mol. The van der Waals surface area contributed by atoms with Gasteiger partial charge in [-0.1, -0.05) is 145 Å². The molecular weight excluding hydrogens is 1320 g/mol. The number of rotatable bonds is 8. The van der Waals surface area contributed by atoms with Crippen LogP contribution in [0.25, 0.3) is 10.1 Å². The summed E-state index contributed by atoms with van der Waals surface area (Å²) in [5.41, 5.74) is 0.554. The van der Waals surface area contributed by atoms with Crippen molar-refractivity contribution >= 4 is 77.5 Å². The Balaban J connectivity index is 0.000000572. The van der Waals surface area contributed by atoms with Crippen LogP contribution in [0, 0.1) is 70.5 Å². The number of aryl methyl sites for hydroxylation is 2. The minimum atomic E-state index is -4.57. The number of benzene rings is 5. The van der Waals surface area contributed by atoms with Crippen LogP contribution in [-0.4, -0.2) is 59.9 Å². The van der Waals surface area contributed by atoms with Gasteiger partial charge in [-0.05, 0) is 160 Å². The molecule has 0 fully saturated rings. The first-order valence-electron chi connectivity index (χ1n) is 30.4. The highest BCUT2D eigenvalue weighted by molar-refractivity contribution is 7.92. The first-order chi connectivity index (χ1) is 43.7. The van der Waals surface area contributed by atoms with Crippen LogP contribution in [0.1, 0.15) is 191 Å². The number of thiophene rings is 1. The number of ether oxygens (including phenoxy) is 1. The number of carboxylic acid groups (broad SMARTS) is 1. The summed E-state index contributed by atoms with van der Waals surface area (Å²) in [6.07, 6.45) is 0.322. The third-order valence-corrected chi connectivity index (χ3v) is 16.8. The predicted octanol–water partition coefficient (Wildman–Crippen LogP) is 20.6. The minimum Gasteiger partial charge on any atom is -0.481 e. The van der Waals surface area contributed by atoms with Gasteiger partial charge in [0.2, 0.25) is 0 Å². The van der Waals surface area contributed by atoms with E-state index in [1.807, 2.05) is 93.5 Å². The number of alkyl halides is 3. The number of nitrogens with zero attached hydrogens (tertiary/aromatic N) is 6. The zero-order valence-electron chi connectivity index (χ0n) is 59.7. The lowest BCUT2D eigenvalue weighted by Gasteiger charge is -2.19. The number of aliphatic carboxylic acids is 1. The highest BCUT2D eigenvalue weighted by atomic mass is 35.5. The zero-order chi connectivity index (χ0) is 75.6. The van der Waals surface area contributed by atoms with Crippen molar-refractivity contribution in [1.82, 2.24) is 9.97 Å². The number of nitro benzene ring substituents is 4. The van der Waals surface area contributed by atoms with Crippen molar-refractivity contribution in [3.63, 3.8) is 0 Å². The van der Waals surface area contributed by atoms with Gasteiger partial charge in [0.25, 0.3) is 22.7 Å². The molecule has 0 aliphatic heterocycles. The summed E-state index contributed by atoms with van der Waals surface area (Å²) in [6, 6.07) is 25.9. The van der Waals surface area contributed by atoms with E-state index in [2.05, 4.69) is 69.0 Å². The van der Waals surface area contributed by atoms with E-state index >= 15 is 0 Å². The van der Waals surface area contributed by atoms with Gasteiger partial charge in [0.1, 0.15) is 16.5 Å². The fraction of sp³-hybridized carbons (Fsp3) is 0.465.